The van der Waals surface area contributed by atoms with Crippen LogP contribution in [0.1, 0.15) is 18.4 Å². The molecule has 0 atom stereocenters. The zero-order valence-corrected chi connectivity index (χ0v) is 13.7. The maximum atomic E-state index is 12.1. The van der Waals surface area contributed by atoms with Gasteiger partial charge in [-0.3, -0.25) is 9.59 Å². The van der Waals surface area contributed by atoms with Crippen LogP contribution in [-0.4, -0.2) is 62.7 Å². The molecule has 1 aromatic carbocycles. The fourth-order valence-electron chi connectivity index (χ4n) is 2.64. The molecule has 0 unspecified atom stereocenters. The molecule has 1 saturated heterocycles. The number of anilines is 1. The molecule has 0 saturated carbocycles. The van der Waals surface area contributed by atoms with Gasteiger partial charge in [0.1, 0.15) is 0 Å². The Labute approximate surface area is 137 Å². The first-order chi connectivity index (χ1) is 11.0. The van der Waals surface area contributed by atoms with Crippen LogP contribution in [0.5, 0.6) is 0 Å². The van der Waals surface area contributed by atoms with Crippen LogP contribution in [0.2, 0.25) is 0 Å². The number of nitrogens with zero attached hydrogens (tertiary/aromatic N) is 4. The molecule has 0 N–H and O–H groups in total. The molecule has 0 spiro atoms. The van der Waals surface area contributed by atoms with Gasteiger partial charge in [-0.1, -0.05) is 0 Å². The molecule has 1 heterocycles. The lowest BCUT2D eigenvalue weighted by Crippen LogP contribution is -2.45. The largest absolute Gasteiger partial charge is 0.352 e. The van der Waals surface area contributed by atoms with E-state index in [2.05, 4.69) is 11.0 Å². The van der Waals surface area contributed by atoms with Crippen LogP contribution in [0.4, 0.5) is 10.5 Å². The standard InChI is InChI=1S/C16H21BN4O2/c1-19-12-21(14-6-4-13(11-18)5-7-14)10-9-20(16(17)23)8-2-3-15(19)22/h4-7H,2-3,8-10,12,17H2,1H3. The van der Waals surface area contributed by atoms with Gasteiger partial charge < -0.3 is 14.7 Å². The summed E-state index contributed by atoms with van der Waals surface area (Å²) in [4.78, 5) is 29.4. The number of benzene rings is 1. The van der Waals surface area contributed by atoms with Gasteiger partial charge in [0.2, 0.25) is 13.8 Å². The first kappa shape index (κ1) is 16.9. The lowest BCUT2D eigenvalue weighted by Gasteiger charge is -2.34. The lowest BCUT2D eigenvalue weighted by molar-refractivity contribution is -0.130. The highest BCUT2D eigenvalue weighted by molar-refractivity contribution is 6.56. The molecule has 0 aromatic heterocycles. The SMILES string of the molecule is BC(=O)N1CCCC(=O)N(C)CN(c2ccc(C#N)cc2)CC1. The smallest absolute Gasteiger partial charge is 0.223 e. The molecule has 120 valence electrons. The Balaban J connectivity index is 2.20. The third-order valence-electron chi connectivity index (χ3n) is 4.07. The van der Waals surface area contributed by atoms with E-state index in [0.717, 1.165) is 5.69 Å². The van der Waals surface area contributed by atoms with Crippen molar-refractivity contribution < 1.29 is 9.59 Å². The summed E-state index contributed by atoms with van der Waals surface area (Å²) >= 11 is 0. The second kappa shape index (κ2) is 7.68. The topological polar surface area (TPSA) is 67.7 Å². The van der Waals surface area contributed by atoms with Crippen LogP contribution in [0, 0.1) is 11.3 Å². The predicted molar refractivity (Wildman–Crippen MR) is 90.9 cm³/mol. The molecule has 1 fully saturated rings. The van der Waals surface area contributed by atoms with Crippen LogP contribution < -0.4 is 4.90 Å². The van der Waals surface area contributed by atoms with Crippen molar-refractivity contribution in [3.63, 3.8) is 0 Å². The van der Waals surface area contributed by atoms with E-state index in [-0.39, 0.29) is 11.7 Å². The second-order valence-corrected chi connectivity index (χ2v) is 5.76. The molecule has 0 radical (unpaired) electrons. The van der Waals surface area contributed by atoms with Gasteiger partial charge in [-0.2, -0.15) is 5.26 Å². The average Bonchev–Trinajstić information content (AvgIpc) is 2.55. The average molecular weight is 312 g/mol. The van der Waals surface area contributed by atoms with Gasteiger partial charge in [0.05, 0.1) is 18.3 Å². The number of hydrogen-bond acceptors (Lipinski definition) is 4. The number of hydrogen-bond donors (Lipinski definition) is 0. The monoisotopic (exact) mass is 312 g/mol. The minimum Gasteiger partial charge on any atom is -0.352 e. The Morgan fingerprint density at radius 1 is 1.22 bits per heavy atom. The molecule has 23 heavy (non-hydrogen) atoms. The van der Waals surface area contributed by atoms with Crippen LogP contribution in [-0.2, 0) is 4.79 Å². The Bertz CT molecular complexity index is 612. The summed E-state index contributed by atoms with van der Waals surface area (Å²) in [5, 5.41) is 8.90. The van der Waals surface area contributed by atoms with Gasteiger partial charge in [-0.15, -0.1) is 0 Å². The number of nitriles is 1. The number of carbonyl (C=O) groups excluding carboxylic acids is 2. The van der Waals surface area contributed by atoms with Crippen LogP contribution in [0.3, 0.4) is 0 Å². The van der Waals surface area contributed by atoms with E-state index in [1.807, 2.05) is 12.1 Å². The Morgan fingerprint density at radius 3 is 2.52 bits per heavy atom. The van der Waals surface area contributed by atoms with E-state index in [1.165, 1.54) is 0 Å². The third-order valence-corrected chi connectivity index (χ3v) is 4.07. The van der Waals surface area contributed by atoms with Crippen molar-refractivity contribution in [2.75, 3.05) is 38.3 Å². The molecule has 7 heteroatoms. The van der Waals surface area contributed by atoms with Crippen molar-refractivity contribution in [3.05, 3.63) is 29.8 Å². The predicted octanol–water partition coefficient (Wildman–Crippen LogP) is 0.629. The highest BCUT2D eigenvalue weighted by atomic mass is 16.2. The highest BCUT2D eigenvalue weighted by Crippen LogP contribution is 2.17. The summed E-state index contributed by atoms with van der Waals surface area (Å²) in [7, 11) is 3.36. The van der Waals surface area contributed by atoms with Crippen molar-refractivity contribution in [2.24, 2.45) is 0 Å². The molecule has 0 aliphatic carbocycles. The number of carbonyl (C=O) groups is 2. The summed E-state index contributed by atoms with van der Waals surface area (Å²) in [6.45, 7) is 2.34. The van der Waals surface area contributed by atoms with Crippen molar-refractivity contribution in [3.8, 4) is 6.07 Å². The summed E-state index contributed by atoms with van der Waals surface area (Å²) in [5.41, 5.74) is 1.54. The van der Waals surface area contributed by atoms with Gasteiger partial charge in [0.25, 0.3) is 0 Å². The van der Waals surface area contributed by atoms with Gasteiger partial charge >= 0.3 is 0 Å². The fourth-order valence-corrected chi connectivity index (χ4v) is 2.64. The zero-order chi connectivity index (χ0) is 16.8. The van der Waals surface area contributed by atoms with Crippen molar-refractivity contribution in [1.82, 2.24) is 9.80 Å². The van der Waals surface area contributed by atoms with Gasteiger partial charge in [-0.05, 0) is 30.7 Å². The van der Waals surface area contributed by atoms with Crippen LogP contribution in [0.25, 0.3) is 0 Å². The van der Waals surface area contributed by atoms with Crippen LogP contribution >= 0.6 is 0 Å². The first-order valence-electron chi connectivity index (χ1n) is 7.76. The second-order valence-electron chi connectivity index (χ2n) is 5.76. The molecular weight excluding hydrogens is 291 g/mol. The maximum Gasteiger partial charge on any atom is 0.223 e. The summed E-state index contributed by atoms with van der Waals surface area (Å²) in [5.74, 6) is 0.111. The molecule has 2 amide bonds. The lowest BCUT2D eigenvalue weighted by atomic mass is 10.1. The van der Waals surface area contributed by atoms with Crippen LogP contribution in [0.15, 0.2) is 24.3 Å². The van der Waals surface area contributed by atoms with E-state index in [4.69, 9.17) is 5.26 Å². The quantitative estimate of drug-likeness (QED) is 0.713. The van der Waals surface area contributed by atoms with Gasteiger partial charge in [-0.25, -0.2) is 0 Å². The Kier molecular flexibility index (Phi) is 5.64. The minimum absolute atomic E-state index is 0.0335. The minimum atomic E-state index is 0.0335. The van der Waals surface area contributed by atoms with Gasteiger partial charge in [0.15, 0.2) is 5.81 Å². The number of rotatable bonds is 1. The molecule has 1 aliphatic heterocycles. The molecule has 1 aliphatic rings. The third kappa shape index (κ3) is 4.49. The molecular formula is C16H21BN4O2. The maximum absolute atomic E-state index is 12.1. The van der Waals surface area contributed by atoms with Gasteiger partial charge in [0, 0.05) is 38.8 Å². The van der Waals surface area contributed by atoms with E-state index >= 15 is 0 Å². The Morgan fingerprint density at radius 2 is 1.91 bits per heavy atom. The van der Waals surface area contributed by atoms with Crippen molar-refractivity contribution in [1.29, 1.82) is 5.26 Å². The van der Waals surface area contributed by atoms with E-state index < -0.39 is 0 Å². The van der Waals surface area contributed by atoms with E-state index in [0.29, 0.717) is 44.7 Å². The molecule has 0 bridgehead atoms. The Hall–Kier alpha value is -2.49. The van der Waals surface area contributed by atoms with E-state index in [9.17, 15) is 9.59 Å². The molecule has 1 aromatic rings. The number of amides is 2. The zero-order valence-electron chi connectivity index (χ0n) is 13.7. The van der Waals surface area contributed by atoms with Crippen molar-refractivity contribution in [2.45, 2.75) is 12.8 Å². The summed E-state index contributed by atoms with van der Waals surface area (Å²) in [6.07, 6.45) is 1.14. The molecule has 6 nitrogen and oxygen atoms in total. The summed E-state index contributed by atoms with van der Waals surface area (Å²) < 4.78 is 0. The normalized spacial score (nSPS) is 16.9. The fraction of sp³-hybridized carbons (Fsp3) is 0.438. The first-order valence-corrected chi connectivity index (χ1v) is 7.76. The van der Waals surface area contributed by atoms with E-state index in [1.54, 1.807) is 36.8 Å². The van der Waals surface area contributed by atoms with Crippen molar-refractivity contribution >= 4 is 25.2 Å². The molecule has 2 rings (SSSR count). The highest BCUT2D eigenvalue weighted by Gasteiger charge is 2.19. The summed E-state index contributed by atoms with van der Waals surface area (Å²) in [6, 6.07) is 9.38.